The predicted molar refractivity (Wildman–Crippen MR) is 62.0 cm³/mol. The molecule has 3 heteroatoms. The third kappa shape index (κ3) is 4.30. The van der Waals surface area contributed by atoms with Crippen molar-refractivity contribution in [2.45, 2.75) is 39.3 Å². The third-order valence-corrected chi connectivity index (χ3v) is 2.16. The Kier molecular flexibility index (Phi) is 5.12. The zero-order valence-electron chi connectivity index (χ0n) is 9.79. The second-order valence-corrected chi connectivity index (χ2v) is 3.71. The first-order chi connectivity index (χ1) is 7.26. The highest BCUT2D eigenvalue weighted by molar-refractivity contribution is 5.15. The van der Waals surface area contributed by atoms with Gasteiger partial charge in [-0.15, -0.1) is 0 Å². The molecule has 0 aliphatic heterocycles. The van der Waals surface area contributed by atoms with Gasteiger partial charge in [0.1, 0.15) is 0 Å². The van der Waals surface area contributed by atoms with Crippen LogP contribution in [0.3, 0.4) is 0 Å². The molecule has 1 aromatic rings. The standard InChI is InChI=1S/C12H20N2O/c1-4-6-10(2)15-12-8-5-7-11(14-12)9-13-3/h5,7-8,10,13H,4,6,9H2,1-3H3. The zero-order chi connectivity index (χ0) is 11.1. The summed E-state index contributed by atoms with van der Waals surface area (Å²) in [5.41, 5.74) is 1.01. The molecular formula is C12H20N2O. The molecule has 0 amide bonds. The van der Waals surface area contributed by atoms with Crippen molar-refractivity contribution in [2.75, 3.05) is 7.05 Å². The lowest BCUT2D eigenvalue weighted by molar-refractivity contribution is 0.201. The summed E-state index contributed by atoms with van der Waals surface area (Å²) in [4.78, 5) is 4.40. The van der Waals surface area contributed by atoms with Crippen LogP contribution in [0.1, 0.15) is 32.4 Å². The molecular weight excluding hydrogens is 188 g/mol. The highest BCUT2D eigenvalue weighted by Crippen LogP contribution is 2.11. The fourth-order valence-electron chi connectivity index (χ4n) is 1.47. The molecule has 0 saturated carbocycles. The minimum Gasteiger partial charge on any atom is -0.475 e. The van der Waals surface area contributed by atoms with E-state index in [4.69, 9.17) is 4.74 Å². The lowest BCUT2D eigenvalue weighted by atomic mass is 10.2. The van der Waals surface area contributed by atoms with Crippen molar-refractivity contribution >= 4 is 0 Å². The first-order valence-corrected chi connectivity index (χ1v) is 5.53. The minimum absolute atomic E-state index is 0.243. The van der Waals surface area contributed by atoms with Gasteiger partial charge in [-0.05, 0) is 26.5 Å². The van der Waals surface area contributed by atoms with Crippen LogP contribution in [0, 0.1) is 0 Å². The van der Waals surface area contributed by atoms with Crippen LogP contribution in [0.25, 0.3) is 0 Å². The summed E-state index contributed by atoms with van der Waals surface area (Å²) in [6.45, 7) is 5.01. The van der Waals surface area contributed by atoms with Gasteiger partial charge in [0.15, 0.2) is 0 Å². The van der Waals surface area contributed by atoms with Crippen molar-refractivity contribution in [1.82, 2.24) is 10.3 Å². The van der Waals surface area contributed by atoms with E-state index >= 15 is 0 Å². The number of ether oxygens (including phenoxy) is 1. The molecule has 0 fully saturated rings. The molecule has 1 aromatic heterocycles. The van der Waals surface area contributed by atoms with Crippen LogP contribution in [-0.2, 0) is 6.54 Å². The number of aromatic nitrogens is 1. The molecule has 1 N–H and O–H groups in total. The second kappa shape index (κ2) is 6.40. The minimum atomic E-state index is 0.243. The molecule has 1 heterocycles. The van der Waals surface area contributed by atoms with E-state index in [0.29, 0.717) is 0 Å². The monoisotopic (exact) mass is 208 g/mol. The maximum Gasteiger partial charge on any atom is 0.213 e. The number of pyridine rings is 1. The van der Waals surface area contributed by atoms with Crippen LogP contribution in [0.2, 0.25) is 0 Å². The van der Waals surface area contributed by atoms with E-state index in [1.807, 2.05) is 25.2 Å². The molecule has 0 aliphatic carbocycles. The van der Waals surface area contributed by atoms with Crippen molar-refractivity contribution in [2.24, 2.45) is 0 Å². The van der Waals surface area contributed by atoms with Gasteiger partial charge < -0.3 is 10.1 Å². The van der Waals surface area contributed by atoms with Gasteiger partial charge in [0.05, 0.1) is 11.8 Å². The smallest absolute Gasteiger partial charge is 0.213 e. The Morgan fingerprint density at radius 1 is 1.47 bits per heavy atom. The van der Waals surface area contributed by atoms with Crippen LogP contribution in [-0.4, -0.2) is 18.1 Å². The Labute approximate surface area is 91.9 Å². The number of hydrogen-bond donors (Lipinski definition) is 1. The average molecular weight is 208 g/mol. The van der Waals surface area contributed by atoms with Gasteiger partial charge in [0, 0.05) is 12.6 Å². The molecule has 0 bridgehead atoms. The van der Waals surface area contributed by atoms with Gasteiger partial charge in [0.25, 0.3) is 0 Å². The number of rotatable bonds is 6. The third-order valence-electron chi connectivity index (χ3n) is 2.16. The largest absolute Gasteiger partial charge is 0.475 e. The van der Waals surface area contributed by atoms with Crippen molar-refractivity contribution < 1.29 is 4.74 Å². The summed E-state index contributed by atoms with van der Waals surface area (Å²) >= 11 is 0. The highest BCUT2D eigenvalue weighted by atomic mass is 16.5. The lowest BCUT2D eigenvalue weighted by Gasteiger charge is -2.13. The van der Waals surface area contributed by atoms with E-state index in [1.54, 1.807) is 0 Å². The number of hydrogen-bond acceptors (Lipinski definition) is 3. The lowest BCUT2D eigenvalue weighted by Crippen LogP contribution is -2.13. The molecule has 0 radical (unpaired) electrons. The van der Waals surface area contributed by atoms with E-state index in [2.05, 4.69) is 24.1 Å². The van der Waals surface area contributed by atoms with Crippen LogP contribution in [0.5, 0.6) is 5.88 Å². The SMILES string of the molecule is CCCC(C)Oc1cccc(CNC)n1. The van der Waals surface area contributed by atoms with Gasteiger partial charge in [0.2, 0.25) is 5.88 Å². The second-order valence-electron chi connectivity index (χ2n) is 3.71. The van der Waals surface area contributed by atoms with Gasteiger partial charge in [-0.25, -0.2) is 4.98 Å². The van der Waals surface area contributed by atoms with Gasteiger partial charge in [-0.1, -0.05) is 19.4 Å². The van der Waals surface area contributed by atoms with Crippen molar-refractivity contribution in [3.05, 3.63) is 23.9 Å². The topological polar surface area (TPSA) is 34.1 Å². The van der Waals surface area contributed by atoms with E-state index < -0.39 is 0 Å². The summed E-state index contributed by atoms with van der Waals surface area (Å²) in [6.07, 6.45) is 2.45. The van der Waals surface area contributed by atoms with E-state index in [0.717, 1.165) is 31.0 Å². The average Bonchev–Trinajstić information content (AvgIpc) is 2.19. The van der Waals surface area contributed by atoms with E-state index in [9.17, 15) is 0 Å². The Morgan fingerprint density at radius 2 is 2.27 bits per heavy atom. The molecule has 0 spiro atoms. The molecule has 0 saturated heterocycles. The summed E-state index contributed by atoms with van der Waals surface area (Å²) in [5.74, 6) is 0.726. The van der Waals surface area contributed by atoms with Crippen molar-refractivity contribution in [1.29, 1.82) is 0 Å². The summed E-state index contributed by atoms with van der Waals surface area (Å²) < 4.78 is 5.70. The Hall–Kier alpha value is -1.09. The maximum absolute atomic E-state index is 5.70. The maximum atomic E-state index is 5.70. The van der Waals surface area contributed by atoms with Gasteiger partial charge >= 0.3 is 0 Å². The van der Waals surface area contributed by atoms with Crippen LogP contribution < -0.4 is 10.1 Å². The molecule has 3 nitrogen and oxygen atoms in total. The van der Waals surface area contributed by atoms with E-state index in [-0.39, 0.29) is 6.10 Å². The highest BCUT2D eigenvalue weighted by Gasteiger charge is 2.04. The first-order valence-electron chi connectivity index (χ1n) is 5.53. The molecule has 1 unspecified atom stereocenters. The fraction of sp³-hybridized carbons (Fsp3) is 0.583. The summed E-state index contributed by atoms with van der Waals surface area (Å²) in [7, 11) is 1.91. The molecule has 0 aromatic carbocycles. The van der Waals surface area contributed by atoms with Crippen molar-refractivity contribution in [3.8, 4) is 5.88 Å². The van der Waals surface area contributed by atoms with Crippen molar-refractivity contribution in [3.63, 3.8) is 0 Å². The van der Waals surface area contributed by atoms with Gasteiger partial charge in [-0.3, -0.25) is 0 Å². The summed E-state index contributed by atoms with van der Waals surface area (Å²) in [6, 6.07) is 5.88. The number of nitrogens with zero attached hydrogens (tertiary/aromatic N) is 1. The Balaban J connectivity index is 2.56. The molecule has 84 valence electrons. The zero-order valence-corrected chi connectivity index (χ0v) is 9.79. The molecule has 0 aliphatic rings. The van der Waals surface area contributed by atoms with Crippen LogP contribution >= 0.6 is 0 Å². The fourth-order valence-corrected chi connectivity index (χ4v) is 1.47. The molecule has 1 atom stereocenters. The quantitative estimate of drug-likeness (QED) is 0.779. The Morgan fingerprint density at radius 3 is 2.93 bits per heavy atom. The molecule has 1 rings (SSSR count). The summed E-state index contributed by atoms with van der Waals surface area (Å²) in [5, 5.41) is 3.07. The Bertz CT molecular complexity index is 289. The number of nitrogens with one attached hydrogen (secondary N) is 1. The first kappa shape index (κ1) is 12.0. The van der Waals surface area contributed by atoms with Gasteiger partial charge in [-0.2, -0.15) is 0 Å². The molecule has 15 heavy (non-hydrogen) atoms. The van der Waals surface area contributed by atoms with Crippen LogP contribution in [0.4, 0.5) is 0 Å². The predicted octanol–water partition coefficient (Wildman–Crippen LogP) is 2.37. The van der Waals surface area contributed by atoms with E-state index in [1.165, 1.54) is 0 Å². The normalized spacial score (nSPS) is 12.5. The van der Waals surface area contributed by atoms with Crippen LogP contribution in [0.15, 0.2) is 18.2 Å².